The van der Waals surface area contributed by atoms with Crippen LogP contribution in [0.15, 0.2) is 24.3 Å². The number of unbranched alkanes of at least 4 members (excludes halogenated alkanes) is 55. The third kappa shape index (κ3) is 68.7. The van der Waals surface area contributed by atoms with Crippen LogP contribution < -0.4 is 0 Å². The predicted molar refractivity (Wildman–Crippen MR) is 358 cm³/mol. The lowest BCUT2D eigenvalue weighted by molar-refractivity contribution is -0.167. The van der Waals surface area contributed by atoms with Gasteiger partial charge in [-0.1, -0.05) is 379 Å². The van der Waals surface area contributed by atoms with Crippen LogP contribution in [0.2, 0.25) is 0 Å². The molecule has 0 aliphatic carbocycles. The van der Waals surface area contributed by atoms with Crippen LogP contribution in [0.3, 0.4) is 0 Å². The molecule has 0 saturated heterocycles. The van der Waals surface area contributed by atoms with Gasteiger partial charge in [-0.2, -0.15) is 0 Å². The number of carbonyl (C=O) groups excluding carboxylic acids is 3. The van der Waals surface area contributed by atoms with Gasteiger partial charge in [-0.05, 0) is 51.4 Å². The van der Waals surface area contributed by atoms with Crippen LogP contribution in [0.1, 0.15) is 425 Å². The van der Waals surface area contributed by atoms with Gasteiger partial charge in [0, 0.05) is 19.3 Å². The molecule has 0 amide bonds. The van der Waals surface area contributed by atoms with Crippen molar-refractivity contribution in [3.05, 3.63) is 24.3 Å². The molecule has 0 aliphatic rings. The second-order valence-corrected chi connectivity index (χ2v) is 25.6. The first-order valence-corrected chi connectivity index (χ1v) is 37.3. The summed E-state index contributed by atoms with van der Waals surface area (Å²) in [4.78, 5) is 38.5. The van der Waals surface area contributed by atoms with Gasteiger partial charge in [-0.3, -0.25) is 14.4 Å². The largest absolute Gasteiger partial charge is 0.462 e. The maximum absolute atomic E-state index is 13.0. The first kappa shape index (κ1) is 79.9. The lowest BCUT2D eigenvalue weighted by Crippen LogP contribution is -2.30. The highest BCUT2D eigenvalue weighted by Gasteiger charge is 2.20. The summed E-state index contributed by atoms with van der Waals surface area (Å²) in [5.41, 5.74) is 0. The van der Waals surface area contributed by atoms with E-state index in [1.165, 1.54) is 315 Å². The maximum atomic E-state index is 13.0. The molecule has 0 radical (unpaired) electrons. The van der Waals surface area contributed by atoms with Crippen molar-refractivity contribution in [2.45, 2.75) is 431 Å². The van der Waals surface area contributed by atoms with Gasteiger partial charge in [0.05, 0.1) is 0 Å². The number of hydrogen-bond donors (Lipinski definition) is 0. The fraction of sp³-hybridized carbons (Fsp3) is 0.908. The Morgan fingerprint density at radius 2 is 0.439 bits per heavy atom. The van der Waals surface area contributed by atoms with E-state index >= 15 is 0 Å². The van der Waals surface area contributed by atoms with Gasteiger partial charge in [-0.25, -0.2) is 0 Å². The summed E-state index contributed by atoms with van der Waals surface area (Å²) in [7, 11) is 0. The van der Waals surface area contributed by atoms with E-state index < -0.39 is 6.10 Å². The Bertz CT molecular complexity index is 1320. The third-order valence-corrected chi connectivity index (χ3v) is 17.2. The van der Waals surface area contributed by atoms with E-state index in [2.05, 4.69) is 45.1 Å². The van der Waals surface area contributed by atoms with E-state index in [0.717, 1.165) is 70.6 Å². The van der Waals surface area contributed by atoms with Crippen molar-refractivity contribution in [3.8, 4) is 0 Å². The number of hydrogen-bond acceptors (Lipinski definition) is 6. The smallest absolute Gasteiger partial charge is 0.306 e. The molecule has 0 fully saturated rings. The zero-order valence-corrected chi connectivity index (χ0v) is 55.8. The van der Waals surface area contributed by atoms with Gasteiger partial charge in [0.25, 0.3) is 0 Å². The summed E-state index contributed by atoms with van der Waals surface area (Å²) in [6, 6.07) is 0. The van der Waals surface area contributed by atoms with Crippen LogP contribution in [0.25, 0.3) is 0 Å². The van der Waals surface area contributed by atoms with Gasteiger partial charge in [0.1, 0.15) is 13.2 Å². The van der Waals surface area contributed by atoms with Crippen molar-refractivity contribution in [3.63, 3.8) is 0 Å². The highest BCUT2D eigenvalue weighted by molar-refractivity contribution is 5.71. The number of carbonyl (C=O) groups is 3. The molecule has 0 spiro atoms. The lowest BCUT2D eigenvalue weighted by Gasteiger charge is -2.18. The molecule has 0 heterocycles. The monoisotopic (exact) mass is 1150 g/mol. The zero-order valence-electron chi connectivity index (χ0n) is 55.8. The Morgan fingerprint density at radius 3 is 0.683 bits per heavy atom. The van der Waals surface area contributed by atoms with Crippen molar-refractivity contribution in [2.24, 2.45) is 0 Å². The highest BCUT2D eigenvalue weighted by atomic mass is 16.6. The highest BCUT2D eigenvalue weighted by Crippen LogP contribution is 2.19. The fourth-order valence-corrected chi connectivity index (χ4v) is 11.6. The summed E-state index contributed by atoms with van der Waals surface area (Å²) in [5, 5.41) is 0. The molecule has 0 saturated carbocycles. The van der Waals surface area contributed by atoms with Crippen LogP contribution in [0.4, 0.5) is 0 Å². The van der Waals surface area contributed by atoms with Crippen LogP contribution >= 0.6 is 0 Å². The Hall–Kier alpha value is -2.11. The standard InChI is InChI=1S/C76H144O6/c1-4-7-10-13-16-19-22-25-28-31-34-36-37-38-39-41-42-45-48-51-54-57-60-63-66-69-75(78)81-72-73(71-80-74(77)68-65-62-59-56-53-50-47-44-33-30-27-24-21-18-15-12-9-6-3)82-76(79)70-67-64-61-58-55-52-49-46-43-40-35-32-29-26-23-20-17-14-11-8-5-2/h21,24,30,33,73H,4-20,22-23,25-29,31-32,34-72H2,1-3H3/b24-21-,33-30-. The molecule has 6 nitrogen and oxygen atoms in total. The van der Waals surface area contributed by atoms with E-state index in [4.69, 9.17) is 14.2 Å². The Balaban J connectivity index is 4.27. The molecule has 0 aromatic heterocycles. The van der Waals surface area contributed by atoms with Gasteiger partial charge < -0.3 is 14.2 Å². The van der Waals surface area contributed by atoms with Crippen molar-refractivity contribution >= 4 is 17.9 Å². The second kappa shape index (κ2) is 71.4. The average molecular weight is 1150 g/mol. The second-order valence-electron chi connectivity index (χ2n) is 25.6. The van der Waals surface area contributed by atoms with Crippen molar-refractivity contribution in [1.82, 2.24) is 0 Å². The first-order chi connectivity index (χ1) is 40.5. The summed E-state index contributed by atoms with van der Waals surface area (Å²) in [6.45, 7) is 6.72. The molecule has 0 aliphatic heterocycles. The minimum Gasteiger partial charge on any atom is -0.462 e. The van der Waals surface area contributed by atoms with Gasteiger partial charge in [0.15, 0.2) is 6.10 Å². The Labute approximate surface area is 513 Å². The molecule has 1 unspecified atom stereocenters. The molecule has 0 rings (SSSR count). The van der Waals surface area contributed by atoms with Crippen LogP contribution in [-0.4, -0.2) is 37.2 Å². The topological polar surface area (TPSA) is 78.9 Å². The summed E-state index contributed by atoms with van der Waals surface area (Å²) in [5.74, 6) is -0.837. The Morgan fingerprint density at radius 1 is 0.244 bits per heavy atom. The van der Waals surface area contributed by atoms with Gasteiger partial charge >= 0.3 is 17.9 Å². The van der Waals surface area contributed by atoms with Gasteiger partial charge in [-0.15, -0.1) is 0 Å². The number of esters is 3. The van der Waals surface area contributed by atoms with E-state index in [0.29, 0.717) is 19.3 Å². The first-order valence-electron chi connectivity index (χ1n) is 37.3. The fourth-order valence-electron chi connectivity index (χ4n) is 11.6. The molecule has 1 atom stereocenters. The predicted octanol–water partition coefficient (Wildman–Crippen LogP) is 25.7. The molecule has 6 heteroatoms. The Kier molecular flexibility index (Phi) is 69.5. The maximum Gasteiger partial charge on any atom is 0.306 e. The number of rotatable bonds is 70. The van der Waals surface area contributed by atoms with Crippen LogP contribution in [-0.2, 0) is 28.6 Å². The average Bonchev–Trinajstić information content (AvgIpc) is 3.47. The molecular formula is C76H144O6. The van der Waals surface area contributed by atoms with E-state index in [-0.39, 0.29) is 31.1 Å². The molecule has 0 bridgehead atoms. The van der Waals surface area contributed by atoms with E-state index in [1.54, 1.807) is 0 Å². The number of allylic oxidation sites excluding steroid dienone is 4. The summed E-state index contributed by atoms with van der Waals surface area (Å²) in [6.07, 6.45) is 87.9. The normalized spacial score (nSPS) is 12.1. The molecule has 0 aromatic carbocycles. The third-order valence-electron chi connectivity index (χ3n) is 17.2. The van der Waals surface area contributed by atoms with Crippen LogP contribution in [0.5, 0.6) is 0 Å². The number of ether oxygens (including phenoxy) is 3. The molecule has 484 valence electrons. The van der Waals surface area contributed by atoms with E-state index in [9.17, 15) is 14.4 Å². The summed E-state index contributed by atoms with van der Waals surface area (Å²) < 4.78 is 17.0. The quantitative estimate of drug-likeness (QED) is 0.0261. The lowest BCUT2D eigenvalue weighted by atomic mass is 10.0. The van der Waals surface area contributed by atoms with Crippen molar-refractivity contribution < 1.29 is 28.6 Å². The molecule has 82 heavy (non-hydrogen) atoms. The van der Waals surface area contributed by atoms with Crippen molar-refractivity contribution in [1.29, 1.82) is 0 Å². The van der Waals surface area contributed by atoms with Crippen molar-refractivity contribution in [2.75, 3.05) is 13.2 Å². The molecular weight excluding hydrogens is 1010 g/mol. The molecule has 0 N–H and O–H groups in total. The minimum atomic E-state index is -0.772. The SMILES string of the molecule is CCCCCC/C=C\C/C=C\CCCCCCCCCC(=O)OCC(COC(=O)CCCCCCCCCCCCCCCCCCCCCCCCCCC)OC(=O)CCCCCCCCCCCCCCCCCCCCCCC. The van der Waals surface area contributed by atoms with Crippen LogP contribution in [0, 0.1) is 0 Å². The molecule has 0 aromatic rings. The van der Waals surface area contributed by atoms with Gasteiger partial charge in [0.2, 0.25) is 0 Å². The van der Waals surface area contributed by atoms with E-state index in [1.807, 2.05) is 0 Å². The zero-order chi connectivity index (χ0) is 59.2. The summed E-state index contributed by atoms with van der Waals surface area (Å²) >= 11 is 0. The minimum absolute atomic E-state index is 0.0668.